The van der Waals surface area contributed by atoms with E-state index < -0.39 is 6.61 Å². The van der Waals surface area contributed by atoms with Gasteiger partial charge in [-0.05, 0) is 31.0 Å². The topological polar surface area (TPSA) is 64.1 Å². The van der Waals surface area contributed by atoms with E-state index in [2.05, 4.69) is 15.6 Å². The summed E-state index contributed by atoms with van der Waals surface area (Å²) in [5.41, 5.74) is 2.73. The molecule has 0 aliphatic heterocycles. The number of halogens is 2. The van der Waals surface area contributed by atoms with Crippen molar-refractivity contribution in [3.63, 3.8) is 0 Å². The van der Waals surface area contributed by atoms with Gasteiger partial charge < -0.3 is 24.8 Å². The summed E-state index contributed by atoms with van der Waals surface area (Å²) in [5.74, 6) is 0.843. The monoisotopic (exact) mass is 421 g/mol. The van der Waals surface area contributed by atoms with Gasteiger partial charge in [-0.2, -0.15) is 8.78 Å². The molecule has 2 aromatic rings. The van der Waals surface area contributed by atoms with E-state index >= 15 is 0 Å². The lowest BCUT2D eigenvalue weighted by Crippen LogP contribution is -2.36. The Balaban J connectivity index is 2.04. The molecule has 2 aromatic carbocycles. The van der Waals surface area contributed by atoms with Crippen molar-refractivity contribution in [2.45, 2.75) is 40.2 Å². The molecule has 0 aromatic heterocycles. The fourth-order valence-electron chi connectivity index (χ4n) is 2.85. The largest absolute Gasteiger partial charge is 0.490 e. The Bertz CT molecular complexity index is 816. The van der Waals surface area contributed by atoms with Crippen LogP contribution in [-0.2, 0) is 24.4 Å². The number of alkyl halides is 2. The minimum absolute atomic E-state index is 0.0272. The van der Waals surface area contributed by atoms with Crippen molar-refractivity contribution in [1.29, 1.82) is 0 Å². The zero-order valence-corrected chi connectivity index (χ0v) is 17.6. The van der Waals surface area contributed by atoms with Gasteiger partial charge in [0.15, 0.2) is 17.5 Å². The summed E-state index contributed by atoms with van der Waals surface area (Å²) in [5, 5.41) is 6.36. The fraction of sp³-hybridized carbons (Fsp3) is 0.409. The Hall–Kier alpha value is -2.87. The molecule has 8 heteroatoms. The minimum atomic E-state index is -2.94. The molecular weight excluding hydrogens is 392 g/mol. The second-order valence-electron chi connectivity index (χ2n) is 6.24. The first-order valence-corrected chi connectivity index (χ1v) is 9.87. The second kappa shape index (κ2) is 12.6. The number of rotatable bonds is 11. The van der Waals surface area contributed by atoms with Gasteiger partial charge in [-0.15, -0.1) is 0 Å². The van der Waals surface area contributed by atoms with E-state index in [1.54, 1.807) is 32.2 Å². The third kappa shape index (κ3) is 7.18. The molecule has 0 aliphatic carbocycles. The maximum absolute atomic E-state index is 12.9. The molecule has 6 nitrogen and oxygen atoms in total. The number of nitrogens with zero attached hydrogens (tertiary/aromatic N) is 1. The molecule has 0 radical (unpaired) electrons. The van der Waals surface area contributed by atoms with Crippen LogP contribution in [0.15, 0.2) is 47.5 Å². The second-order valence-corrected chi connectivity index (χ2v) is 6.24. The van der Waals surface area contributed by atoms with Crippen molar-refractivity contribution < 1.29 is 23.0 Å². The van der Waals surface area contributed by atoms with Crippen LogP contribution in [0.2, 0.25) is 0 Å². The van der Waals surface area contributed by atoms with Crippen LogP contribution >= 0.6 is 0 Å². The van der Waals surface area contributed by atoms with Gasteiger partial charge in [0.2, 0.25) is 0 Å². The highest BCUT2D eigenvalue weighted by Gasteiger charge is 2.16. The number of ether oxygens (including phenoxy) is 3. The SMILES string of the molecule is CCOCc1ccccc1CNC(=NC)NCc1cccc(OCC)c1OC(F)F. The van der Waals surface area contributed by atoms with Crippen molar-refractivity contribution in [2.24, 2.45) is 4.99 Å². The first-order chi connectivity index (χ1) is 14.6. The molecule has 0 bridgehead atoms. The Morgan fingerprint density at radius 2 is 1.60 bits per heavy atom. The molecule has 0 unspecified atom stereocenters. The first kappa shape index (κ1) is 23.4. The number of aliphatic imine (C=N–C) groups is 1. The predicted molar refractivity (Wildman–Crippen MR) is 113 cm³/mol. The molecule has 0 aliphatic rings. The quantitative estimate of drug-likeness (QED) is 0.423. The molecule has 0 amide bonds. The summed E-state index contributed by atoms with van der Waals surface area (Å²) in [4.78, 5) is 4.20. The van der Waals surface area contributed by atoms with Crippen molar-refractivity contribution in [1.82, 2.24) is 10.6 Å². The summed E-state index contributed by atoms with van der Waals surface area (Å²) in [6.07, 6.45) is 0. The number of nitrogens with one attached hydrogen (secondary N) is 2. The maximum Gasteiger partial charge on any atom is 0.387 e. The molecule has 0 saturated heterocycles. The number of para-hydroxylation sites is 1. The van der Waals surface area contributed by atoms with Crippen molar-refractivity contribution in [3.8, 4) is 11.5 Å². The van der Waals surface area contributed by atoms with Gasteiger partial charge in [0.1, 0.15) is 0 Å². The normalized spacial score (nSPS) is 11.5. The van der Waals surface area contributed by atoms with E-state index in [0.29, 0.717) is 37.9 Å². The van der Waals surface area contributed by atoms with Crippen LogP contribution in [0, 0.1) is 0 Å². The average molecular weight is 421 g/mol. The van der Waals surface area contributed by atoms with Gasteiger partial charge in [0.05, 0.1) is 13.2 Å². The predicted octanol–water partition coefficient (Wildman–Crippen LogP) is 4.09. The molecule has 0 heterocycles. The fourth-order valence-corrected chi connectivity index (χ4v) is 2.85. The number of guanidine groups is 1. The Morgan fingerprint density at radius 1 is 0.933 bits per heavy atom. The smallest absolute Gasteiger partial charge is 0.387 e. The molecule has 0 atom stereocenters. The number of hydrogen-bond acceptors (Lipinski definition) is 4. The van der Waals surface area contributed by atoms with Gasteiger partial charge in [0.25, 0.3) is 0 Å². The van der Waals surface area contributed by atoms with Gasteiger partial charge in [0, 0.05) is 32.3 Å². The van der Waals surface area contributed by atoms with Crippen LogP contribution in [0.25, 0.3) is 0 Å². The van der Waals surface area contributed by atoms with E-state index in [1.165, 1.54) is 0 Å². The molecule has 0 saturated carbocycles. The summed E-state index contributed by atoms with van der Waals surface area (Å²) < 4.78 is 41.4. The lowest BCUT2D eigenvalue weighted by atomic mass is 10.1. The van der Waals surface area contributed by atoms with Crippen molar-refractivity contribution >= 4 is 5.96 Å². The molecule has 164 valence electrons. The Morgan fingerprint density at radius 3 is 2.23 bits per heavy atom. The van der Waals surface area contributed by atoms with Crippen molar-refractivity contribution in [3.05, 3.63) is 59.2 Å². The third-order valence-corrected chi connectivity index (χ3v) is 4.26. The molecular formula is C22H29F2N3O3. The highest BCUT2D eigenvalue weighted by Crippen LogP contribution is 2.32. The van der Waals surface area contributed by atoms with Crippen LogP contribution < -0.4 is 20.1 Å². The molecule has 2 rings (SSSR count). The van der Waals surface area contributed by atoms with Crippen LogP contribution in [-0.4, -0.2) is 32.8 Å². The van der Waals surface area contributed by atoms with Crippen molar-refractivity contribution in [2.75, 3.05) is 20.3 Å². The maximum atomic E-state index is 12.9. The van der Waals surface area contributed by atoms with E-state index in [-0.39, 0.29) is 18.0 Å². The number of hydrogen-bond donors (Lipinski definition) is 2. The lowest BCUT2D eigenvalue weighted by Gasteiger charge is -2.17. The summed E-state index contributed by atoms with van der Waals surface area (Å²) in [6, 6.07) is 13.0. The van der Waals surface area contributed by atoms with Crippen LogP contribution in [0.4, 0.5) is 8.78 Å². The molecule has 0 fully saturated rings. The summed E-state index contributed by atoms with van der Waals surface area (Å²) in [6.45, 7) is 3.12. The summed E-state index contributed by atoms with van der Waals surface area (Å²) >= 11 is 0. The Kier molecular flexibility index (Phi) is 9.86. The first-order valence-electron chi connectivity index (χ1n) is 9.87. The molecule has 2 N–H and O–H groups in total. The molecule has 30 heavy (non-hydrogen) atoms. The third-order valence-electron chi connectivity index (χ3n) is 4.26. The minimum Gasteiger partial charge on any atom is -0.490 e. The van der Waals surface area contributed by atoms with Crippen LogP contribution in [0.5, 0.6) is 11.5 Å². The van der Waals surface area contributed by atoms with Gasteiger partial charge >= 0.3 is 6.61 Å². The van der Waals surface area contributed by atoms with Gasteiger partial charge in [-0.25, -0.2) is 0 Å². The number of benzene rings is 2. The van der Waals surface area contributed by atoms with Gasteiger partial charge in [-0.3, -0.25) is 4.99 Å². The zero-order chi connectivity index (χ0) is 21.8. The van der Waals surface area contributed by atoms with E-state index in [0.717, 1.165) is 11.1 Å². The van der Waals surface area contributed by atoms with Crippen LogP contribution in [0.3, 0.4) is 0 Å². The van der Waals surface area contributed by atoms with Crippen LogP contribution in [0.1, 0.15) is 30.5 Å². The summed E-state index contributed by atoms with van der Waals surface area (Å²) in [7, 11) is 1.65. The highest BCUT2D eigenvalue weighted by atomic mass is 19.3. The molecule has 0 spiro atoms. The van der Waals surface area contributed by atoms with Gasteiger partial charge in [-0.1, -0.05) is 36.4 Å². The highest BCUT2D eigenvalue weighted by molar-refractivity contribution is 5.79. The van der Waals surface area contributed by atoms with E-state index in [1.807, 2.05) is 31.2 Å². The average Bonchev–Trinajstić information content (AvgIpc) is 2.74. The van der Waals surface area contributed by atoms with E-state index in [9.17, 15) is 8.78 Å². The lowest BCUT2D eigenvalue weighted by molar-refractivity contribution is -0.0520. The van der Waals surface area contributed by atoms with E-state index in [4.69, 9.17) is 14.2 Å². The Labute approximate surface area is 176 Å². The zero-order valence-electron chi connectivity index (χ0n) is 17.6. The standard InChI is InChI=1S/C22H29F2N3O3/c1-4-28-15-18-10-7-6-9-16(18)13-26-22(25-3)27-14-17-11-8-12-19(29-5-2)20(17)30-21(23)24/h6-12,21H,4-5,13-15H2,1-3H3,(H2,25,26,27).